The third-order valence-corrected chi connectivity index (χ3v) is 4.66. The van der Waals surface area contributed by atoms with E-state index in [1.807, 2.05) is 41.4 Å². The fourth-order valence-electron chi connectivity index (χ4n) is 3.29. The smallest absolute Gasteiger partial charge is 0.270 e. The van der Waals surface area contributed by atoms with E-state index in [0.717, 1.165) is 22.2 Å². The van der Waals surface area contributed by atoms with Crippen molar-refractivity contribution in [3.05, 3.63) is 87.7 Å². The maximum absolute atomic E-state index is 12.6. The summed E-state index contributed by atoms with van der Waals surface area (Å²) in [5.74, 6) is -0.979. The normalized spacial score (nSPS) is 13.2. The first-order valence-electron chi connectivity index (χ1n) is 8.86. The molecule has 146 valence electrons. The number of carbonyl (C=O) groups is 2. The Balaban J connectivity index is 1.46. The predicted molar refractivity (Wildman–Crippen MR) is 103 cm³/mol. The Kier molecular flexibility index (Phi) is 4.65. The van der Waals surface area contributed by atoms with Gasteiger partial charge in [-0.1, -0.05) is 18.2 Å². The van der Waals surface area contributed by atoms with E-state index < -0.39 is 16.7 Å². The summed E-state index contributed by atoms with van der Waals surface area (Å²) in [6, 6.07) is 13.4. The SMILES string of the molecule is CN(Cc1cnn(-c2ccccc2)c1)CN1C(=O)c2ccc([N+](=O)[O-])cc2C1=O. The summed E-state index contributed by atoms with van der Waals surface area (Å²) in [7, 11) is 1.78. The van der Waals surface area contributed by atoms with E-state index in [-0.39, 0.29) is 23.5 Å². The van der Waals surface area contributed by atoms with Crippen molar-refractivity contribution in [1.82, 2.24) is 19.6 Å². The van der Waals surface area contributed by atoms with E-state index in [4.69, 9.17) is 0 Å². The highest BCUT2D eigenvalue weighted by Gasteiger charge is 2.37. The second kappa shape index (κ2) is 7.28. The molecule has 9 nitrogen and oxygen atoms in total. The first-order valence-corrected chi connectivity index (χ1v) is 8.86. The lowest BCUT2D eigenvalue weighted by atomic mass is 10.1. The summed E-state index contributed by atoms with van der Waals surface area (Å²) in [5.41, 5.74) is 1.89. The van der Waals surface area contributed by atoms with E-state index in [2.05, 4.69) is 5.10 Å². The summed E-state index contributed by atoms with van der Waals surface area (Å²) in [4.78, 5) is 38.4. The van der Waals surface area contributed by atoms with Crippen molar-refractivity contribution >= 4 is 17.5 Å². The van der Waals surface area contributed by atoms with Crippen LogP contribution in [0.15, 0.2) is 60.9 Å². The van der Waals surface area contributed by atoms with Crippen molar-refractivity contribution in [3.63, 3.8) is 0 Å². The molecule has 3 aromatic rings. The van der Waals surface area contributed by atoms with Gasteiger partial charge in [-0.05, 0) is 25.2 Å². The molecule has 0 atom stereocenters. The van der Waals surface area contributed by atoms with E-state index >= 15 is 0 Å². The summed E-state index contributed by atoms with van der Waals surface area (Å²) in [6.07, 6.45) is 3.62. The molecular formula is C20H17N5O4. The molecule has 0 bridgehead atoms. The standard InChI is InChI=1S/C20H17N5O4/c1-22(11-14-10-21-24(12-14)15-5-3-2-4-6-15)13-23-19(26)17-8-7-16(25(28)29)9-18(17)20(23)27/h2-10,12H,11,13H2,1H3. The van der Waals surface area contributed by atoms with Gasteiger partial charge in [-0.25, -0.2) is 4.68 Å². The Morgan fingerprint density at radius 3 is 2.52 bits per heavy atom. The lowest BCUT2D eigenvalue weighted by Gasteiger charge is -2.22. The lowest BCUT2D eigenvalue weighted by Crippen LogP contribution is -2.39. The van der Waals surface area contributed by atoms with Crippen molar-refractivity contribution in [1.29, 1.82) is 0 Å². The van der Waals surface area contributed by atoms with Crippen molar-refractivity contribution in [2.45, 2.75) is 6.54 Å². The first kappa shape index (κ1) is 18.5. The molecule has 0 aliphatic carbocycles. The van der Waals surface area contributed by atoms with Crippen molar-refractivity contribution < 1.29 is 14.5 Å². The summed E-state index contributed by atoms with van der Waals surface area (Å²) in [5, 5.41) is 15.3. The van der Waals surface area contributed by atoms with Gasteiger partial charge in [0.1, 0.15) is 0 Å². The van der Waals surface area contributed by atoms with Crippen LogP contribution in [0.1, 0.15) is 26.3 Å². The first-order chi connectivity index (χ1) is 13.9. The van der Waals surface area contributed by atoms with Gasteiger partial charge in [0.2, 0.25) is 0 Å². The van der Waals surface area contributed by atoms with Crippen LogP contribution in [0.4, 0.5) is 5.69 Å². The molecule has 4 rings (SSSR count). The Labute approximate surface area is 165 Å². The molecule has 2 amide bonds. The van der Waals surface area contributed by atoms with Crippen LogP contribution in [-0.4, -0.2) is 50.0 Å². The zero-order chi connectivity index (χ0) is 20.5. The fourth-order valence-corrected chi connectivity index (χ4v) is 3.29. The van der Waals surface area contributed by atoms with Gasteiger partial charge >= 0.3 is 0 Å². The second-order valence-corrected chi connectivity index (χ2v) is 6.81. The minimum atomic E-state index is -0.586. The van der Waals surface area contributed by atoms with Crippen LogP contribution in [0, 0.1) is 10.1 Å². The maximum Gasteiger partial charge on any atom is 0.270 e. The number of carbonyl (C=O) groups excluding carboxylic acids is 2. The van der Waals surface area contributed by atoms with Crippen LogP contribution in [0.3, 0.4) is 0 Å². The molecule has 0 radical (unpaired) electrons. The zero-order valence-electron chi connectivity index (χ0n) is 15.6. The number of aromatic nitrogens is 2. The van der Waals surface area contributed by atoms with Gasteiger partial charge in [0.15, 0.2) is 0 Å². The molecule has 2 heterocycles. The number of hydrogen-bond donors (Lipinski definition) is 0. The number of benzene rings is 2. The predicted octanol–water partition coefficient (Wildman–Crippen LogP) is 2.47. The fraction of sp³-hybridized carbons (Fsp3) is 0.150. The van der Waals surface area contributed by atoms with Gasteiger partial charge in [0.05, 0.1) is 34.6 Å². The van der Waals surface area contributed by atoms with Gasteiger partial charge in [0, 0.05) is 30.4 Å². The second-order valence-electron chi connectivity index (χ2n) is 6.81. The van der Waals surface area contributed by atoms with Crippen LogP contribution in [0.2, 0.25) is 0 Å². The third kappa shape index (κ3) is 3.50. The summed E-state index contributed by atoms with van der Waals surface area (Å²) >= 11 is 0. The van der Waals surface area contributed by atoms with Crippen molar-refractivity contribution in [2.24, 2.45) is 0 Å². The van der Waals surface area contributed by atoms with Crippen LogP contribution in [0.25, 0.3) is 5.69 Å². The topological polar surface area (TPSA) is 102 Å². The Morgan fingerprint density at radius 2 is 1.79 bits per heavy atom. The number of nitro benzene ring substituents is 1. The number of nitrogens with zero attached hydrogens (tertiary/aromatic N) is 5. The molecule has 0 saturated heterocycles. The lowest BCUT2D eigenvalue weighted by molar-refractivity contribution is -0.384. The minimum Gasteiger partial charge on any atom is -0.284 e. The third-order valence-electron chi connectivity index (χ3n) is 4.66. The van der Waals surface area contributed by atoms with Gasteiger partial charge in [0.25, 0.3) is 17.5 Å². The maximum atomic E-state index is 12.6. The number of hydrogen-bond acceptors (Lipinski definition) is 6. The molecule has 2 aromatic carbocycles. The highest BCUT2D eigenvalue weighted by Crippen LogP contribution is 2.27. The van der Waals surface area contributed by atoms with Crippen LogP contribution < -0.4 is 0 Å². The Morgan fingerprint density at radius 1 is 1.07 bits per heavy atom. The molecule has 0 spiro atoms. The monoisotopic (exact) mass is 391 g/mol. The van der Waals surface area contributed by atoms with Gasteiger partial charge in [-0.15, -0.1) is 0 Å². The number of nitro groups is 1. The van der Waals surface area contributed by atoms with E-state index in [9.17, 15) is 19.7 Å². The molecule has 29 heavy (non-hydrogen) atoms. The number of para-hydroxylation sites is 1. The quantitative estimate of drug-likeness (QED) is 0.363. The molecule has 1 aromatic heterocycles. The largest absolute Gasteiger partial charge is 0.284 e. The number of non-ortho nitro benzene ring substituents is 1. The minimum absolute atomic E-state index is 0.0643. The number of imide groups is 1. The number of fused-ring (bicyclic) bond motifs is 1. The van der Waals surface area contributed by atoms with Gasteiger partial charge < -0.3 is 0 Å². The van der Waals surface area contributed by atoms with E-state index in [0.29, 0.717) is 6.54 Å². The number of amides is 2. The summed E-state index contributed by atoms with van der Waals surface area (Å²) in [6.45, 7) is 0.539. The van der Waals surface area contributed by atoms with E-state index in [1.54, 1.807) is 17.9 Å². The Hall–Kier alpha value is -3.85. The highest BCUT2D eigenvalue weighted by molar-refractivity contribution is 6.21. The van der Waals surface area contributed by atoms with Crippen LogP contribution >= 0.6 is 0 Å². The van der Waals surface area contributed by atoms with Crippen LogP contribution in [-0.2, 0) is 6.54 Å². The molecule has 1 aliphatic rings. The highest BCUT2D eigenvalue weighted by atomic mass is 16.6. The molecule has 1 aliphatic heterocycles. The molecule has 0 fully saturated rings. The Bertz CT molecular complexity index is 1110. The molecule has 0 unspecified atom stereocenters. The van der Waals surface area contributed by atoms with Gasteiger partial charge in [-0.3, -0.25) is 29.5 Å². The van der Waals surface area contributed by atoms with Crippen molar-refractivity contribution in [3.8, 4) is 5.69 Å². The molecule has 0 N–H and O–H groups in total. The molecule has 9 heteroatoms. The van der Waals surface area contributed by atoms with Crippen LogP contribution in [0.5, 0.6) is 0 Å². The van der Waals surface area contributed by atoms with Crippen molar-refractivity contribution in [2.75, 3.05) is 13.7 Å². The molecule has 0 saturated carbocycles. The average Bonchev–Trinajstić information content (AvgIpc) is 3.27. The molecular weight excluding hydrogens is 374 g/mol. The number of rotatable bonds is 6. The van der Waals surface area contributed by atoms with Gasteiger partial charge in [-0.2, -0.15) is 5.10 Å². The van der Waals surface area contributed by atoms with E-state index in [1.165, 1.54) is 12.1 Å². The average molecular weight is 391 g/mol. The summed E-state index contributed by atoms with van der Waals surface area (Å²) < 4.78 is 1.75. The zero-order valence-corrected chi connectivity index (χ0v) is 15.6.